The van der Waals surface area contributed by atoms with Gasteiger partial charge in [0, 0.05) is 5.69 Å². The Morgan fingerprint density at radius 1 is 1.10 bits per heavy atom. The lowest BCUT2D eigenvalue weighted by Gasteiger charge is -2.16. The van der Waals surface area contributed by atoms with Crippen LogP contribution in [0.3, 0.4) is 0 Å². The normalized spacial score (nSPS) is 11.4. The molecule has 0 unspecified atom stereocenters. The average Bonchev–Trinajstić information content (AvgIpc) is 2.99. The minimum Gasteiger partial charge on any atom is -0.497 e. The molecule has 0 saturated heterocycles. The molecule has 0 aliphatic rings. The summed E-state index contributed by atoms with van der Waals surface area (Å²) in [7, 11) is 1.54. The number of halogens is 3. The number of ether oxygens (including phenoxy) is 1. The van der Waals surface area contributed by atoms with Gasteiger partial charge in [-0.3, -0.25) is 4.79 Å². The molecule has 1 heterocycles. The van der Waals surface area contributed by atoms with E-state index in [1.165, 1.54) is 17.9 Å². The van der Waals surface area contributed by atoms with Crippen LogP contribution >= 0.6 is 0 Å². The van der Waals surface area contributed by atoms with Crippen molar-refractivity contribution in [1.29, 1.82) is 0 Å². The molecule has 152 valence electrons. The lowest BCUT2D eigenvalue weighted by atomic mass is 10.1. The standard InChI is InChI=1S/C21H20F3N3O2/c1-13-10-14(2)27(26-13)19-9-6-16(21(22,23)24)12-18(19)25-20(28)11-15-4-7-17(29-3)8-5-15/h4-10,12H,11H2,1-3H3,(H,25,28). The van der Waals surface area contributed by atoms with Crippen molar-refractivity contribution in [3.8, 4) is 11.4 Å². The summed E-state index contributed by atoms with van der Waals surface area (Å²) in [6.45, 7) is 3.58. The fourth-order valence-corrected chi connectivity index (χ4v) is 2.99. The highest BCUT2D eigenvalue weighted by Crippen LogP contribution is 2.33. The zero-order valence-electron chi connectivity index (χ0n) is 16.2. The van der Waals surface area contributed by atoms with Gasteiger partial charge in [0.1, 0.15) is 5.75 Å². The predicted molar refractivity (Wildman–Crippen MR) is 103 cm³/mol. The highest BCUT2D eigenvalue weighted by molar-refractivity contribution is 5.94. The number of alkyl halides is 3. The summed E-state index contributed by atoms with van der Waals surface area (Å²) >= 11 is 0. The highest BCUT2D eigenvalue weighted by Gasteiger charge is 2.31. The number of nitrogens with one attached hydrogen (secondary N) is 1. The second-order valence-corrected chi connectivity index (χ2v) is 6.64. The van der Waals surface area contributed by atoms with Crippen LogP contribution in [-0.2, 0) is 17.4 Å². The Hall–Kier alpha value is -3.29. The van der Waals surface area contributed by atoms with Crippen molar-refractivity contribution >= 4 is 11.6 Å². The molecular weight excluding hydrogens is 383 g/mol. The third kappa shape index (κ3) is 4.77. The summed E-state index contributed by atoms with van der Waals surface area (Å²) in [6.07, 6.45) is -4.51. The Morgan fingerprint density at radius 3 is 2.34 bits per heavy atom. The maximum atomic E-state index is 13.2. The molecule has 1 aromatic heterocycles. The summed E-state index contributed by atoms with van der Waals surface area (Å²) in [5, 5.41) is 6.92. The summed E-state index contributed by atoms with van der Waals surface area (Å²) < 4.78 is 46.2. The largest absolute Gasteiger partial charge is 0.497 e. The van der Waals surface area contributed by atoms with Gasteiger partial charge < -0.3 is 10.1 Å². The summed E-state index contributed by atoms with van der Waals surface area (Å²) in [5.41, 5.74) is 1.74. The van der Waals surface area contributed by atoms with Crippen LogP contribution in [0, 0.1) is 13.8 Å². The van der Waals surface area contributed by atoms with E-state index in [0.29, 0.717) is 17.0 Å². The number of hydrogen-bond donors (Lipinski definition) is 1. The molecule has 0 saturated carbocycles. The van der Waals surface area contributed by atoms with Gasteiger partial charge in [-0.05, 0) is 55.8 Å². The third-order valence-electron chi connectivity index (χ3n) is 4.36. The van der Waals surface area contributed by atoms with Crippen molar-refractivity contribution in [3.63, 3.8) is 0 Å². The molecule has 0 spiro atoms. The molecule has 0 bridgehead atoms. The van der Waals surface area contributed by atoms with Crippen molar-refractivity contribution in [2.45, 2.75) is 26.4 Å². The zero-order valence-corrected chi connectivity index (χ0v) is 16.2. The summed E-state index contributed by atoms with van der Waals surface area (Å²) in [6, 6.07) is 11.9. The molecule has 1 amide bonds. The first-order chi connectivity index (χ1) is 13.7. The molecule has 2 aromatic carbocycles. The Labute approximate surface area is 166 Å². The molecule has 0 aliphatic carbocycles. The van der Waals surface area contributed by atoms with Crippen LogP contribution in [-0.4, -0.2) is 22.8 Å². The van der Waals surface area contributed by atoms with Crippen molar-refractivity contribution in [1.82, 2.24) is 9.78 Å². The maximum Gasteiger partial charge on any atom is 0.416 e. The maximum absolute atomic E-state index is 13.2. The van der Waals surface area contributed by atoms with Gasteiger partial charge in [0.25, 0.3) is 0 Å². The number of methoxy groups -OCH3 is 1. The molecule has 3 aromatic rings. The highest BCUT2D eigenvalue weighted by atomic mass is 19.4. The second kappa shape index (κ2) is 7.98. The number of carbonyl (C=O) groups is 1. The molecule has 0 fully saturated rings. The Morgan fingerprint density at radius 2 is 1.79 bits per heavy atom. The lowest BCUT2D eigenvalue weighted by molar-refractivity contribution is -0.137. The minimum absolute atomic E-state index is 0.0107. The van der Waals surface area contributed by atoms with Gasteiger partial charge in [-0.2, -0.15) is 18.3 Å². The van der Waals surface area contributed by atoms with E-state index in [0.717, 1.165) is 23.5 Å². The van der Waals surface area contributed by atoms with E-state index in [1.54, 1.807) is 44.2 Å². The first-order valence-corrected chi connectivity index (χ1v) is 8.85. The Kier molecular flexibility index (Phi) is 5.63. The van der Waals surface area contributed by atoms with E-state index >= 15 is 0 Å². The van der Waals surface area contributed by atoms with Gasteiger partial charge in [0.2, 0.25) is 5.91 Å². The summed E-state index contributed by atoms with van der Waals surface area (Å²) in [5.74, 6) is 0.219. The lowest BCUT2D eigenvalue weighted by Crippen LogP contribution is -2.17. The molecule has 0 radical (unpaired) electrons. The number of carbonyl (C=O) groups excluding carboxylic acids is 1. The fraction of sp³-hybridized carbons (Fsp3) is 0.238. The molecule has 29 heavy (non-hydrogen) atoms. The summed E-state index contributed by atoms with van der Waals surface area (Å²) in [4.78, 5) is 12.5. The van der Waals surface area contributed by atoms with E-state index in [1.807, 2.05) is 0 Å². The molecule has 8 heteroatoms. The van der Waals surface area contributed by atoms with Crippen LogP contribution in [0.15, 0.2) is 48.5 Å². The number of aromatic nitrogens is 2. The zero-order chi connectivity index (χ0) is 21.2. The van der Waals surface area contributed by atoms with Crippen molar-refractivity contribution < 1.29 is 22.7 Å². The number of rotatable bonds is 5. The van der Waals surface area contributed by atoms with Gasteiger partial charge in [-0.15, -0.1) is 0 Å². The topological polar surface area (TPSA) is 56.1 Å². The number of amides is 1. The van der Waals surface area contributed by atoms with E-state index < -0.39 is 17.6 Å². The molecule has 5 nitrogen and oxygen atoms in total. The van der Waals surface area contributed by atoms with Crippen LogP contribution in [0.1, 0.15) is 22.5 Å². The quantitative estimate of drug-likeness (QED) is 0.672. The smallest absolute Gasteiger partial charge is 0.416 e. The number of anilines is 1. The van der Waals surface area contributed by atoms with Crippen LogP contribution in [0.2, 0.25) is 0 Å². The molecule has 0 aliphatic heterocycles. The molecule has 0 atom stereocenters. The predicted octanol–water partition coefficient (Wildman–Crippen LogP) is 4.70. The van der Waals surface area contributed by atoms with Gasteiger partial charge in [-0.1, -0.05) is 12.1 Å². The van der Waals surface area contributed by atoms with Crippen molar-refractivity contribution in [3.05, 3.63) is 71.0 Å². The van der Waals surface area contributed by atoms with Gasteiger partial charge in [-0.25, -0.2) is 4.68 Å². The Bertz CT molecular complexity index is 1020. The van der Waals surface area contributed by atoms with Crippen LogP contribution < -0.4 is 10.1 Å². The van der Waals surface area contributed by atoms with E-state index in [-0.39, 0.29) is 12.1 Å². The molecule has 1 N–H and O–H groups in total. The number of benzene rings is 2. The monoisotopic (exact) mass is 403 g/mol. The van der Waals surface area contributed by atoms with E-state index in [9.17, 15) is 18.0 Å². The first-order valence-electron chi connectivity index (χ1n) is 8.85. The van der Waals surface area contributed by atoms with Crippen LogP contribution in [0.25, 0.3) is 5.69 Å². The van der Waals surface area contributed by atoms with E-state index in [2.05, 4.69) is 10.4 Å². The number of aryl methyl sites for hydroxylation is 2. The van der Waals surface area contributed by atoms with Crippen molar-refractivity contribution in [2.24, 2.45) is 0 Å². The fourth-order valence-electron chi connectivity index (χ4n) is 2.99. The molecule has 3 rings (SSSR count). The Balaban J connectivity index is 1.92. The SMILES string of the molecule is COc1ccc(CC(=O)Nc2cc(C(F)(F)F)ccc2-n2nc(C)cc2C)cc1. The average molecular weight is 403 g/mol. The minimum atomic E-state index is -4.52. The van der Waals surface area contributed by atoms with Gasteiger partial charge >= 0.3 is 6.18 Å². The van der Waals surface area contributed by atoms with Crippen molar-refractivity contribution in [2.75, 3.05) is 12.4 Å². The van der Waals surface area contributed by atoms with Crippen LogP contribution in [0.4, 0.5) is 18.9 Å². The molecular formula is C21H20F3N3O2. The second-order valence-electron chi connectivity index (χ2n) is 6.64. The van der Waals surface area contributed by atoms with Crippen LogP contribution in [0.5, 0.6) is 5.75 Å². The van der Waals surface area contributed by atoms with Gasteiger partial charge in [0.15, 0.2) is 0 Å². The van der Waals surface area contributed by atoms with E-state index in [4.69, 9.17) is 4.74 Å². The first kappa shape index (κ1) is 20.4. The number of nitrogens with zero attached hydrogens (tertiary/aromatic N) is 2. The number of hydrogen-bond acceptors (Lipinski definition) is 3. The third-order valence-corrected chi connectivity index (χ3v) is 4.36. The van der Waals surface area contributed by atoms with Gasteiger partial charge in [0.05, 0.1) is 36.2 Å².